The number of likely N-dealkylation sites (N-methyl/N-ethyl adjacent to an activating group) is 1. The Morgan fingerprint density at radius 3 is 1.57 bits per heavy atom. The molecule has 0 aliphatic heterocycles. The molecule has 2 atom stereocenters. The molecule has 0 heterocycles. The lowest BCUT2D eigenvalue weighted by atomic mass is 10.0. The van der Waals surface area contributed by atoms with Crippen LogP contribution in [-0.4, -0.2) is 69.3 Å². The minimum Gasteiger partial charge on any atom is -0.756 e. The average Bonchev–Trinajstić information content (AvgIpc) is 2.76. The molecule has 0 saturated carbocycles. The highest BCUT2D eigenvalue weighted by atomic mass is 31.2. The van der Waals surface area contributed by atoms with Gasteiger partial charge in [-0.3, -0.25) is 4.57 Å². The average molecular weight is 524 g/mol. The van der Waals surface area contributed by atoms with Gasteiger partial charge in [0.1, 0.15) is 18.8 Å². The van der Waals surface area contributed by atoms with E-state index in [4.69, 9.17) is 13.8 Å². The highest BCUT2D eigenvalue weighted by Gasteiger charge is 2.24. The maximum Gasteiger partial charge on any atom is 0.268 e. The van der Waals surface area contributed by atoms with Crippen LogP contribution in [0.25, 0.3) is 0 Å². The summed E-state index contributed by atoms with van der Waals surface area (Å²) < 4.78 is 27.7. The van der Waals surface area contributed by atoms with Crippen molar-refractivity contribution < 1.29 is 32.8 Å². The van der Waals surface area contributed by atoms with E-state index in [0.717, 1.165) is 12.8 Å². The second-order valence-corrected chi connectivity index (χ2v) is 12.8. The first-order valence-corrected chi connectivity index (χ1v) is 15.6. The number of unbranched alkanes of at least 4 members (excludes halogenated alkanes) is 15. The zero-order valence-corrected chi connectivity index (χ0v) is 24.6. The molecule has 0 aromatic heterocycles. The third-order valence-corrected chi connectivity index (χ3v) is 7.04. The van der Waals surface area contributed by atoms with Gasteiger partial charge in [-0.05, 0) is 13.3 Å². The number of hydrogen-bond donors (Lipinski definition) is 1. The van der Waals surface area contributed by atoms with Crippen molar-refractivity contribution in [1.29, 1.82) is 0 Å². The molecule has 0 aliphatic carbocycles. The second kappa shape index (κ2) is 21.0. The summed E-state index contributed by atoms with van der Waals surface area (Å²) in [5.41, 5.74) is -1.38. The fourth-order valence-electron chi connectivity index (χ4n) is 3.77. The number of nitrogens with zero attached hydrogens (tertiary/aromatic N) is 1. The topological polar surface area (TPSA) is 88.0 Å². The molecule has 35 heavy (non-hydrogen) atoms. The molecule has 0 radical (unpaired) electrons. The number of phosphoric ester groups is 1. The van der Waals surface area contributed by atoms with E-state index in [1.54, 1.807) is 0 Å². The minimum absolute atomic E-state index is 0.0324. The van der Waals surface area contributed by atoms with Crippen molar-refractivity contribution >= 4 is 7.82 Å². The molecule has 0 rings (SSSR count). The highest BCUT2D eigenvalue weighted by Crippen LogP contribution is 2.39. The lowest BCUT2D eigenvalue weighted by molar-refractivity contribution is -0.870. The fourth-order valence-corrected chi connectivity index (χ4v) is 4.58. The van der Waals surface area contributed by atoms with Gasteiger partial charge in [0.2, 0.25) is 0 Å². The van der Waals surface area contributed by atoms with E-state index in [1.165, 1.54) is 96.8 Å². The predicted octanol–water partition coefficient (Wildman–Crippen LogP) is 6.22. The van der Waals surface area contributed by atoms with Crippen LogP contribution in [0, 0.1) is 0 Å². The Labute approximate surface area is 217 Å². The van der Waals surface area contributed by atoms with Crippen molar-refractivity contribution in [3.05, 3.63) is 0 Å². The highest BCUT2D eigenvalue weighted by molar-refractivity contribution is 7.45. The number of quaternary nitrogens is 1. The van der Waals surface area contributed by atoms with Gasteiger partial charge in [-0.1, -0.05) is 103 Å². The minimum atomic E-state index is -4.43. The summed E-state index contributed by atoms with van der Waals surface area (Å²) in [4.78, 5) is 11.8. The Morgan fingerprint density at radius 1 is 0.714 bits per heavy atom. The smallest absolute Gasteiger partial charge is 0.268 e. The van der Waals surface area contributed by atoms with Crippen LogP contribution in [0.4, 0.5) is 0 Å². The Morgan fingerprint density at radius 2 is 1.14 bits per heavy atom. The van der Waals surface area contributed by atoms with E-state index < -0.39 is 13.4 Å². The quantitative estimate of drug-likeness (QED) is 0.0822. The predicted molar refractivity (Wildman–Crippen MR) is 143 cm³/mol. The molecule has 0 amide bonds. The zero-order valence-electron chi connectivity index (χ0n) is 23.7. The molecule has 212 valence electrons. The first-order chi connectivity index (χ1) is 16.5. The van der Waals surface area contributed by atoms with E-state index in [9.17, 15) is 14.6 Å². The Balaban J connectivity index is 3.51. The Bertz CT molecular complexity index is 524. The normalized spacial score (nSPS) is 15.7. The third-order valence-electron chi connectivity index (χ3n) is 6.10. The van der Waals surface area contributed by atoms with Gasteiger partial charge in [-0.2, -0.15) is 0 Å². The van der Waals surface area contributed by atoms with Crippen LogP contribution in [-0.2, 0) is 18.3 Å². The number of aliphatic hydroxyl groups is 1. The zero-order chi connectivity index (χ0) is 26.5. The van der Waals surface area contributed by atoms with Gasteiger partial charge in [0.05, 0.1) is 34.4 Å². The summed E-state index contributed by atoms with van der Waals surface area (Å²) in [5, 5.41) is 10.3. The standard InChI is InChI=1S/C27H58NO6P/c1-6-7-8-9-10-11-12-13-14-15-16-17-18-19-20-21-23-32-25-27(2,29)26-34-35(30,31)33-24-22-28(3,4)5/h29H,6-26H2,1-5H3. The van der Waals surface area contributed by atoms with Gasteiger partial charge < -0.3 is 28.3 Å². The van der Waals surface area contributed by atoms with E-state index in [1.807, 2.05) is 21.1 Å². The molecular formula is C27H58NO6P. The van der Waals surface area contributed by atoms with Gasteiger partial charge in [0.25, 0.3) is 7.82 Å². The summed E-state index contributed by atoms with van der Waals surface area (Å²) in [7, 11) is 1.41. The number of phosphoric acid groups is 1. The van der Waals surface area contributed by atoms with Crippen LogP contribution < -0.4 is 4.89 Å². The molecule has 2 unspecified atom stereocenters. The number of ether oxygens (including phenoxy) is 1. The first-order valence-electron chi connectivity index (χ1n) is 14.2. The summed E-state index contributed by atoms with van der Waals surface area (Å²) in [5.74, 6) is 0. The van der Waals surface area contributed by atoms with Crippen molar-refractivity contribution in [2.24, 2.45) is 0 Å². The van der Waals surface area contributed by atoms with Crippen molar-refractivity contribution in [3.63, 3.8) is 0 Å². The van der Waals surface area contributed by atoms with Crippen LogP contribution in [0.2, 0.25) is 0 Å². The molecule has 7 nitrogen and oxygen atoms in total. The van der Waals surface area contributed by atoms with Gasteiger partial charge in [0.15, 0.2) is 0 Å². The van der Waals surface area contributed by atoms with Gasteiger partial charge in [-0.25, -0.2) is 0 Å². The summed E-state index contributed by atoms with van der Waals surface area (Å²) in [6.07, 6.45) is 21.2. The fraction of sp³-hybridized carbons (Fsp3) is 1.00. The van der Waals surface area contributed by atoms with E-state index in [-0.39, 0.29) is 19.8 Å². The van der Waals surface area contributed by atoms with E-state index in [2.05, 4.69) is 6.92 Å². The monoisotopic (exact) mass is 523 g/mol. The number of rotatable bonds is 26. The van der Waals surface area contributed by atoms with Gasteiger partial charge in [-0.15, -0.1) is 0 Å². The maximum absolute atomic E-state index is 11.8. The number of hydrogen-bond acceptors (Lipinski definition) is 6. The Hall–Kier alpha value is -0.0100. The van der Waals surface area contributed by atoms with Gasteiger partial charge in [0, 0.05) is 6.61 Å². The molecular weight excluding hydrogens is 465 g/mol. The molecule has 8 heteroatoms. The third kappa shape index (κ3) is 26.9. The summed E-state index contributed by atoms with van der Waals surface area (Å²) in [6.45, 7) is 4.57. The SMILES string of the molecule is CCCCCCCCCCCCCCCCCCOCC(C)(O)COP(=O)([O-])OCC[N+](C)(C)C. The van der Waals surface area contributed by atoms with Crippen molar-refractivity contribution in [2.75, 3.05) is 54.1 Å². The van der Waals surface area contributed by atoms with Crippen LogP contribution >= 0.6 is 7.82 Å². The van der Waals surface area contributed by atoms with E-state index in [0.29, 0.717) is 17.6 Å². The van der Waals surface area contributed by atoms with E-state index >= 15 is 0 Å². The maximum atomic E-state index is 11.8. The van der Waals surface area contributed by atoms with Gasteiger partial charge >= 0.3 is 0 Å². The molecule has 0 aromatic carbocycles. The molecule has 0 spiro atoms. The molecule has 0 aliphatic rings. The largest absolute Gasteiger partial charge is 0.756 e. The summed E-state index contributed by atoms with van der Waals surface area (Å²) in [6, 6.07) is 0. The van der Waals surface area contributed by atoms with Crippen LogP contribution in [0.3, 0.4) is 0 Å². The van der Waals surface area contributed by atoms with Crippen molar-refractivity contribution in [2.45, 2.75) is 122 Å². The molecule has 0 saturated heterocycles. The lowest BCUT2D eigenvalue weighted by Gasteiger charge is -2.30. The molecule has 0 aromatic rings. The van der Waals surface area contributed by atoms with Crippen LogP contribution in [0.5, 0.6) is 0 Å². The lowest BCUT2D eigenvalue weighted by Crippen LogP contribution is -2.38. The molecule has 1 N–H and O–H groups in total. The van der Waals surface area contributed by atoms with Crippen LogP contribution in [0.15, 0.2) is 0 Å². The second-order valence-electron chi connectivity index (χ2n) is 11.4. The molecule has 0 bridgehead atoms. The first kappa shape index (κ1) is 35.0. The van der Waals surface area contributed by atoms with Crippen molar-refractivity contribution in [1.82, 2.24) is 0 Å². The van der Waals surface area contributed by atoms with Crippen molar-refractivity contribution in [3.8, 4) is 0 Å². The van der Waals surface area contributed by atoms with Crippen LogP contribution in [0.1, 0.15) is 117 Å². The Kier molecular flexibility index (Phi) is 21.0. The summed E-state index contributed by atoms with van der Waals surface area (Å²) >= 11 is 0. The molecule has 0 fully saturated rings.